The molecule has 0 atom stereocenters. The van der Waals surface area contributed by atoms with Crippen LogP contribution in [-0.4, -0.2) is 24.3 Å². The maximum atomic E-state index is 5.20. The van der Waals surface area contributed by atoms with Crippen LogP contribution < -0.4 is 0 Å². The van der Waals surface area contributed by atoms with Crippen LogP contribution in [0.5, 0.6) is 0 Å². The SMILES string of the molecule is c1ccc(-c2ccc(-c3cc(-c4ccc(-c5ccccc5)cc4)nc(-c4cccc(-c5ccc(-c6nc7ccccc7c7nc8ccccn8c67)cc5)c4)n3)cc2)cc1. The Morgan fingerprint density at radius 1 is 0.322 bits per heavy atom. The quantitative estimate of drug-likeness (QED) is 0.163. The Morgan fingerprint density at radius 2 is 0.814 bits per heavy atom. The highest BCUT2D eigenvalue weighted by molar-refractivity contribution is 6.09. The molecule has 0 saturated heterocycles. The summed E-state index contributed by atoms with van der Waals surface area (Å²) in [4.78, 5) is 20.6. The van der Waals surface area contributed by atoms with Gasteiger partial charge in [0, 0.05) is 33.8 Å². The number of benzene rings is 7. The molecule has 0 fully saturated rings. The Balaban J connectivity index is 0.976. The molecule has 11 rings (SSSR count). The molecule has 0 amide bonds. The number of para-hydroxylation sites is 1. The monoisotopic (exact) mass is 753 g/mol. The van der Waals surface area contributed by atoms with E-state index in [1.165, 1.54) is 22.3 Å². The fraction of sp³-hybridized carbons (Fsp3) is 0. The highest BCUT2D eigenvalue weighted by atomic mass is 15.0. The lowest BCUT2D eigenvalue weighted by Gasteiger charge is -2.12. The molecule has 0 radical (unpaired) electrons. The summed E-state index contributed by atoms with van der Waals surface area (Å²) >= 11 is 0. The van der Waals surface area contributed by atoms with Crippen molar-refractivity contribution in [2.24, 2.45) is 0 Å². The van der Waals surface area contributed by atoms with E-state index in [0.717, 1.165) is 78.0 Å². The molecular formula is C54H35N5. The van der Waals surface area contributed by atoms with Crippen molar-refractivity contribution < 1.29 is 0 Å². The number of fused-ring (bicyclic) bond motifs is 5. The molecule has 0 aliphatic carbocycles. The van der Waals surface area contributed by atoms with Gasteiger partial charge in [0.15, 0.2) is 5.82 Å². The summed E-state index contributed by atoms with van der Waals surface area (Å²) in [5, 5.41) is 1.05. The summed E-state index contributed by atoms with van der Waals surface area (Å²) in [5.41, 5.74) is 17.3. The Morgan fingerprint density at radius 3 is 1.46 bits per heavy atom. The van der Waals surface area contributed by atoms with E-state index >= 15 is 0 Å². The van der Waals surface area contributed by atoms with Gasteiger partial charge in [0.25, 0.3) is 0 Å². The third-order valence-corrected chi connectivity index (χ3v) is 11.1. The molecule has 4 heterocycles. The van der Waals surface area contributed by atoms with Gasteiger partial charge in [-0.1, -0.05) is 176 Å². The van der Waals surface area contributed by atoms with E-state index < -0.39 is 0 Å². The van der Waals surface area contributed by atoms with Crippen LogP contribution in [0.25, 0.3) is 106 Å². The van der Waals surface area contributed by atoms with Crippen molar-refractivity contribution in [3.63, 3.8) is 0 Å². The maximum Gasteiger partial charge on any atom is 0.160 e. The number of nitrogens with zero attached hydrogens (tertiary/aromatic N) is 5. The van der Waals surface area contributed by atoms with Gasteiger partial charge in [-0.25, -0.2) is 19.9 Å². The lowest BCUT2D eigenvalue weighted by molar-refractivity contribution is 1.18. The van der Waals surface area contributed by atoms with Crippen molar-refractivity contribution in [1.29, 1.82) is 0 Å². The van der Waals surface area contributed by atoms with Crippen molar-refractivity contribution in [2.45, 2.75) is 0 Å². The Labute approximate surface area is 341 Å². The third kappa shape index (κ3) is 6.41. The molecule has 0 aliphatic heterocycles. The van der Waals surface area contributed by atoms with Gasteiger partial charge < -0.3 is 0 Å². The van der Waals surface area contributed by atoms with Crippen molar-refractivity contribution in [2.75, 3.05) is 0 Å². The van der Waals surface area contributed by atoms with Gasteiger partial charge in [-0.05, 0) is 63.7 Å². The Kier molecular flexibility index (Phi) is 8.41. The minimum Gasteiger partial charge on any atom is -0.298 e. The number of hydrogen-bond donors (Lipinski definition) is 0. The van der Waals surface area contributed by atoms with E-state index in [4.69, 9.17) is 19.9 Å². The number of aromatic nitrogens is 5. The van der Waals surface area contributed by atoms with E-state index in [1.54, 1.807) is 0 Å². The molecule has 7 aromatic carbocycles. The predicted octanol–water partition coefficient (Wildman–Crippen LogP) is 13.5. The average Bonchev–Trinajstić information content (AvgIpc) is 3.72. The first-order valence-electron chi connectivity index (χ1n) is 19.8. The summed E-state index contributed by atoms with van der Waals surface area (Å²) in [6.07, 6.45) is 2.06. The van der Waals surface area contributed by atoms with E-state index in [-0.39, 0.29) is 0 Å². The molecular weight excluding hydrogens is 719 g/mol. The average molecular weight is 754 g/mol. The van der Waals surface area contributed by atoms with Crippen molar-refractivity contribution in [3.05, 3.63) is 212 Å². The molecule has 0 spiro atoms. The van der Waals surface area contributed by atoms with Crippen LogP contribution in [0.3, 0.4) is 0 Å². The summed E-state index contributed by atoms with van der Waals surface area (Å²) < 4.78 is 2.14. The molecule has 0 bridgehead atoms. The minimum atomic E-state index is 0.672. The fourth-order valence-electron chi connectivity index (χ4n) is 8.01. The van der Waals surface area contributed by atoms with E-state index in [1.807, 2.05) is 42.5 Å². The third-order valence-electron chi connectivity index (χ3n) is 11.1. The highest BCUT2D eigenvalue weighted by Crippen LogP contribution is 2.36. The van der Waals surface area contributed by atoms with Crippen LogP contribution in [0.15, 0.2) is 212 Å². The number of imidazole rings is 1. The standard InChI is InChI=1S/C54H35N5/c1-3-12-36(13-4-1)38-21-27-41(28-22-38)48-35-49(42-29-23-39(24-30-42)37-14-5-2-6-15-37)57-54(56-48)45-17-11-16-44(34-45)40-25-31-43(32-26-40)51-53-52(46-18-7-8-19-47(46)55-51)58-50-20-9-10-33-59(50)53/h1-35H. The van der Waals surface area contributed by atoms with Gasteiger partial charge in [-0.15, -0.1) is 0 Å². The van der Waals surface area contributed by atoms with Crippen LogP contribution in [-0.2, 0) is 0 Å². The van der Waals surface area contributed by atoms with Gasteiger partial charge >= 0.3 is 0 Å². The minimum absolute atomic E-state index is 0.672. The zero-order valence-electron chi connectivity index (χ0n) is 31.9. The first kappa shape index (κ1) is 34.2. The van der Waals surface area contributed by atoms with Crippen LogP contribution in [0.1, 0.15) is 0 Å². The maximum absolute atomic E-state index is 5.20. The van der Waals surface area contributed by atoms with Crippen molar-refractivity contribution in [3.8, 4) is 78.5 Å². The van der Waals surface area contributed by atoms with Crippen LogP contribution in [0.2, 0.25) is 0 Å². The molecule has 0 aliphatic rings. The molecule has 0 unspecified atom stereocenters. The largest absolute Gasteiger partial charge is 0.298 e. The van der Waals surface area contributed by atoms with Crippen LogP contribution in [0.4, 0.5) is 0 Å². The predicted molar refractivity (Wildman–Crippen MR) is 242 cm³/mol. The van der Waals surface area contributed by atoms with Crippen molar-refractivity contribution >= 4 is 27.6 Å². The van der Waals surface area contributed by atoms with Crippen LogP contribution in [0, 0.1) is 0 Å². The van der Waals surface area contributed by atoms with Gasteiger partial charge in [-0.2, -0.15) is 0 Å². The summed E-state index contributed by atoms with van der Waals surface area (Å²) in [7, 11) is 0. The second kappa shape index (κ2) is 14.5. The number of hydrogen-bond acceptors (Lipinski definition) is 4. The molecule has 59 heavy (non-hydrogen) atoms. The summed E-state index contributed by atoms with van der Waals surface area (Å²) in [5.74, 6) is 0.672. The molecule has 4 aromatic heterocycles. The Bertz CT molecular complexity index is 3180. The Hall–Kier alpha value is -8.02. The van der Waals surface area contributed by atoms with Gasteiger partial charge in [0.1, 0.15) is 11.2 Å². The first-order valence-corrected chi connectivity index (χ1v) is 19.8. The molecule has 5 heteroatoms. The smallest absolute Gasteiger partial charge is 0.160 e. The first-order chi connectivity index (χ1) is 29.2. The van der Waals surface area contributed by atoms with E-state index in [0.29, 0.717) is 5.82 Å². The lowest BCUT2D eigenvalue weighted by Crippen LogP contribution is -1.96. The molecule has 5 nitrogen and oxygen atoms in total. The zero-order chi connectivity index (χ0) is 39.1. The second-order valence-corrected chi connectivity index (χ2v) is 14.7. The number of pyridine rings is 2. The molecule has 0 N–H and O–H groups in total. The van der Waals surface area contributed by atoms with Gasteiger partial charge in [0.2, 0.25) is 0 Å². The van der Waals surface area contributed by atoms with E-state index in [2.05, 4.69) is 174 Å². The summed E-state index contributed by atoms with van der Waals surface area (Å²) in [6, 6.07) is 71.8. The molecule has 0 saturated carbocycles. The highest BCUT2D eigenvalue weighted by Gasteiger charge is 2.17. The fourth-order valence-corrected chi connectivity index (χ4v) is 8.01. The summed E-state index contributed by atoms with van der Waals surface area (Å²) in [6.45, 7) is 0. The zero-order valence-corrected chi connectivity index (χ0v) is 31.9. The van der Waals surface area contributed by atoms with E-state index in [9.17, 15) is 0 Å². The molecule has 11 aromatic rings. The van der Waals surface area contributed by atoms with Gasteiger partial charge in [0.05, 0.1) is 28.1 Å². The second-order valence-electron chi connectivity index (χ2n) is 14.7. The van der Waals surface area contributed by atoms with Crippen LogP contribution >= 0.6 is 0 Å². The topological polar surface area (TPSA) is 56.0 Å². The van der Waals surface area contributed by atoms with Crippen molar-refractivity contribution in [1.82, 2.24) is 24.3 Å². The van der Waals surface area contributed by atoms with Gasteiger partial charge in [-0.3, -0.25) is 4.40 Å². The number of rotatable bonds is 7. The lowest BCUT2D eigenvalue weighted by atomic mass is 9.99. The molecule has 276 valence electrons. The normalized spacial score (nSPS) is 11.4.